The Balaban J connectivity index is 2.06. The number of benzene rings is 4. The molecule has 1 nitrogen and oxygen atoms in total. The van der Waals surface area contributed by atoms with Gasteiger partial charge in [-0.25, -0.2) is 0 Å². The van der Waals surface area contributed by atoms with E-state index in [9.17, 15) is 0 Å². The van der Waals surface area contributed by atoms with Gasteiger partial charge in [0.2, 0.25) is 0 Å². The van der Waals surface area contributed by atoms with Crippen molar-refractivity contribution in [2.45, 2.75) is 11.1 Å². The molecule has 4 aromatic rings. The zero-order valence-corrected chi connectivity index (χ0v) is 19.3. The van der Waals surface area contributed by atoms with Crippen LogP contribution in [-0.4, -0.2) is 7.11 Å². The van der Waals surface area contributed by atoms with E-state index in [4.69, 9.17) is 28.6 Å². The van der Waals surface area contributed by atoms with Gasteiger partial charge in [-0.2, -0.15) is 0 Å². The summed E-state index contributed by atoms with van der Waals surface area (Å²) in [6.07, 6.45) is 0.661. The summed E-state index contributed by atoms with van der Waals surface area (Å²) in [6.45, 7) is 0. The van der Waals surface area contributed by atoms with Crippen LogP contribution in [0.1, 0.15) is 5.56 Å². The molecular formula is C26H24ClOPS. The SMILES string of the molecule is COc1ccc(CP(Cl)(c2ccccc2)(c2ccccc2)c2ccccc2)c(S)c1. The first-order valence-electron chi connectivity index (χ1n) is 9.82. The molecule has 0 aliphatic rings. The van der Waals surface area contributed by atoms with Gasteiger partial charge in [0, 0.05) is 0 Å². The molecule has 4 heteroatoms. The zero-order chi connectivity index (χ0) is 21.1. The van der Waals surface area contributed by atoms with Crippen molar-refractivity contribution in [3.63, 3.8) is 0 Å². The van der Waals surface area contributed by atoms with Crippen molar-refractivity contribution >= 4 is 45.7 Å². The molecule has 0 unspecified atom stereocenters. The maximum absolute atomic E-state index is 8.12. The Morgan fingerprint density at radius 2 is 1.13 bits per heavy atom. The van der Waals surface area contributed by atoms with Crippen LogP contribution in [0.3, 0.4) is 0 Å². The second-order valence-electron chi connectivity index (χ2n) is 7.34. The number of hydrogen-bond acceptors (Lipinski definition) is 2. The summed E-state index contributed by atoms with van der Waals surface area (Å²) in [5, 5.41) is 3.43. The van der Waals surface area contributed by atoms with E-state index in [1.807, 2.05) is 30.3 Å². The summed E-state index contributed by atoms with van der Waals surface area (Å²) in [4.78, 5) is 0.881. The molecule has 30 heavy (non-hydrogen) atoms. The number of thiol groups is 1. The molecule has 0 aliphatic carbocycles. The minimum atomic E-state index is -3.36. The third-order valence-electron chi connectivity index (χ3n) is 5.64. The van der Waals surface area contributed by atoms with E-state index in [1.165, 1.54) is 0 Å². The van der Waals surface area contributed by atoms with Crippen LogP contribution >= 0.6 is 29.8 Å². The van der Waals surface area contributed by atoms with Crippen molar-refractivity contribution in [2.75, 3.05) is 7.11 Å². The molecule has 0 aromatic heterocycles. The standard InChI is InChI=1S/C26H24ClOPS/c1-28-22-18-17-21(26(30)19-22)20-29(27,23-11-5-2-6-12-23,24-13-7-3-8-14-24)25-15-9-4-10-16-25/h2-19,30H,20H2,1H3. The number of methoxy groups -OCH3 is 1. The molecule has 4 rings (SSSR count). The van der Waals surface area contributed by atoms with E-state index in [1.54, 1.807) is 7.11 Å². The fraction of sp³-hybridized carbons (Fsp3) is 0.0769. The van der Waals surface area contributed by atoms with Gasteiger partial charge in [-0.15, -0.1) is 0 Å². The molecule has 0 radical (unpaired) electrons. The van der Waals surface area contributed by atoms with Crippen LogP contribution in [-0.2, 0) is 6.16 Å². The zero-order valence-electron chi connectivity index (χ0n) is 16.8. The van der Waals surface area contributed by atoms with Gasteiger partial charge in [0.15, 0.2) is 0 Å². The molecule has 0 amide bonds. The first kappa shape index (κ1) is 21.0. The maximum atomic E-state index is 8.12. The summed E-state index contributed by atoms with van der Waals surface area (Å²) in [6, 6.07) is 37.5. The van der Waals surface area contributed by atoms with Gasteiger partial charge < -0.3 is 0 Å². The van der Waals surface area contributed by atoms with E-state index >= 15 is 0 Å². The van der Waals surface area contributed by atoms with E-state index < -0.39 is 5.96 Å². The van der Waals surface area contributed by atoms with Crippen LogP contribution in [0, 0.1) is 0 Å². The third kappa shape index (κ3) is 3.54. The van der Waals surface area contributed by atoms with Crippen molar-refractivity contribution in [1.29, 1.82) is 0 Å². The summed E-state index contributed by atoms with van der Waals surface area (Å²) in [5.41, 5.74) is 1.10. The predicted molar refractivity (Wildman–Crippen MR) is 135 cm³/mol. The molecule has 0 bridgehead atoms. The van der Waals surface area contributed by atoms with Crippen LogP contribution < -0.4 is 20.7 Å². The molecular weight excluding hydrogens is 427 g/mol. The Kier molecular flexibility index (Phi) is 5.93. The van der Waals surface area contributed by atoms with E-state index in [0.29, 0.717) is 6.16 Å². The van der Waals surface area contributed by atoms with E-state index in [2.05, 4.69) is 78.9 Å². The summed E-state index contributed by atoms with van der Waals surface area (Å²) in [5.74, 6) is -2.57. The van der Waals surface area contributed by atoms with Crippen LogP contribution in [0.2, 0.25) is 0 Å². The Labute approximate surface area is 188 Å². The van der Waals surface area contributed by atoms with Crippen molar-refractivity contribution < 1.29 is 4.74 Å². The Morgan fingerprint density at radius 1 is 0.700 bits per heavy atom. The van der Waals surface area contributed by atoms with Crippen LogP contribution in [0.4, 0.5) is 0 Å². The van der Waals surface area contributed by atoms with Crippen molar-refractivity contribution in [2.24, 2.45) is 0 Å². The molecule has 0 aliphatic heterocycles. The molecule has 0 heterocycles. The molecule has 0 N–H and O–H groups in total. The van der Waals surface area contributed by atoms with Crippen molar-refractivity contribution in [3.8, 4) is 5.75 Å². The normalized spacial score (nSPS) is 12.7. The molecule has 0 spiro atoms. The molecule has 0 atom stereocenters. The molecule has 4 aromatic carbocycles. The summed E-state index contributed by atoms with van der Waals surface area (Å²) >= 11 is 12.9. The van der Waals surface area contributed by atoms with E-state index in [0.717, 1.165) is 32.1 Å². The first-order valence-corrected chi connectivity index (χ1v) is 13.6. The average molecular weight is 451 g/mol. The van der Waals surface area contributed by atoms with Crippen LogP contribution in [0.25, 0.3) is 0 Å². The van der Waals surface area contributed by atoms with E-state index in [-0.39, 0.29) is 0 Å². The van der Waals surface area contributed by atoms with Gasteiger partial charge >= 0.3 is 189 Å². The monoisotopic (exact) mass is 450 g/mol. The third-order valence-corrected chi connectivity index (χ3v) is 13.2. The van der Waals surface area contributed by atoms with Gasteiger partial charge in [-0.3, -0.25) is 0 Å². The molecule has 0 saturated heterocycles. The van der Waals surface area contributed by atoms with Gasteiger partial charge in [0.1, 0.15) is 0 Å². The Morgan fingerprint density at radius 3 is 1.50 bits per heavy atom. The van der Waals surface area contributed by atoms with Gasteiger partial charge in [-0.1, -0.05) is 0 Å². The second kappa shape index (κ2) is 8.47. The van der Waals surface area contributed by atoms with Gasteiger partial charge in [0.25, 0.3) is 0 Å². The number of hydrogen-bond donors (Lipinski definition) is 1. The summed E-state index contributed by atoms with van der Waals surface area (Å²) < 4.78 is 5.39. The van der Waals surface area contributed by atoms with Crippen LogP contribution in [0.15, 0.2) is 114 Å². The van der Waals surface area contributed by atoms with Crippen LogP contribution in [0.5, 0.6) is 5.75 Å². The van der Waals surface area contributed by atoms with Crippen molar-refractivity contribution in [3.05, 3.63) is 115 Å². The average Bonchev–Trinajstić information content (AvgIpc) is 2.82. The number of ether oxygens (including phenoxy) is 1. The molecule has 0 saturated carbocycles. The molecule has 0 fully saturated rings. The number of rotatable bonds is 6. The quantitative estimate of drug-likeness (QED) is 0.273. The first-order chi connectivity index (χ1) is 14.6. The predicted octanol–water partition coefficient (Wildman–Crippen LogP) is 6.17. The molecule has 152 valence electrons. The Hall–Kier alpha value is -2.25. The van der Waals surface area contributed by atoms with Gasteiger partial charge in [0.05, 0.1) is 0 Å². The second-order valence-corrected chi connectivity index (χ2v) is 14.3. The minimum absolute atomic E-state index is 0.661. The summed E-state index contributed by atoms with van der Waals surface area (Å²) in [7, 11) is 1.67. The number of halogens is 1. The Bertz CT molecular complexity index is 1030. The fourth-order valence-corrected chi connectivity index (χ4v) is 10.6. The van der Waals surface area contributed by atoms with Gasteiger partial charge in [-0.05, 0) is 0 Å². The topological polar surface area (TPSA) is 9.23 Å². The fourth-order valence-electron chi connectivity index (χ4n) is 4.06. The van der Waals surface area contributed by atoms with Crippen molar-refractivity contribution in [1.82, 2.24) is 0 Å².